The lowest BCUT2D eigenvalue weighted by molar-refractivity contribution is -0.205. The van der Waals surface area contributed by atoms with E-state index < -0.39 is 11.2 Å². The van der Waals surface area contributed by atoms with Crippen molar-refractivity contribution in [2.45, 2.75) is 62.6 Å². The molecule has 0 amide bonds. The normalized spacial score (nSPS) is 33.6. The van der Waals surface area contributed by atoms with E-state index in [1.807, 2.05) is 36.4 Å². The van der Waals surface area contributed by atoms with Gasteiger partial charge in [-0.3, -0.25) is 0 Å². The second-order valence-corrected chi connectivity index (χ2v) is 9.02. The first-order valence-corrected chi connectivity index (χ1v) is 10.7. The number of aryl methyl sites for hydroxylation is 1. The van der Waals surface area contributed by atoms with Crippen molar-refractivity contribution in [1.82, 2.24) is 0 Å². The highest BCUT2D eigenvalue weighted by Crippen LogP contribution is 2.60. The molecule has 1 saturated carbocycles. The van der Waals surface area contributed by atoms with Crippen molar-refractivity contribution in [3.05, 3.63) is 65.2 Å². The van der Waals surface area contributed by atoms with E-state index in [0.717, 1.165) is 30.6 Å². The number of hydrogen-bond donors (Lipinski definition) is 3. The highest BCUT2D eigenvalue weighted by Gasteiger charge is 2.60. The molecule has 0 heterocycles. The minimum absolute atomic E-state index is 0.001000. The number of aliphatic hydroxyl groups excluding tert-OH is 1. The Morgan fingerprint density at radius 1 is 1.10 bits per heavy atom. The Morgan fingerprint density at radius 3 is 2.55 bits per heavy atom. The molecule has 4 nitrogen and oxygen atoms in total. The fourth-order valence-corrected chi connectivity index (χ4v) is 5.96. The van der Waals surface area contributed by atoms with Crippen molar-refractivity contribution >= 4 is 0 Å². The van der Waals surface area contributed by atoms with Gasteiger partial charge in [-0.15, -0.1) is 0 Å². The molecule has 3 unspecified atom stereocenters. The summed E-state index contributed by atoms with van der Waals surface area (Å²) >= 11 is 0. The highest BCUT2D eigenvalue weighted by atomic mass is 16.5. The lowest BCUT2D eigenvalue weighted by Crippen LogP contribution is -2.62. The molecule has 2 aromatic rings. The molecule has 0 saturated heterocycles. The molecule has 2 aliphatic rings. The van der Waals surface area contributed by atoms with Gasteiger partial charge in [0.1, 0.15) is 18.0 Å². The Labute approximate surface area is 173 Å². The number of hydrogen-bond acceptors (Lipinski definition) is 4. The van der Waals surface area contributed by atoms with Crippen LogP contribution in [0.4, 0.5) is 0 Å². The molecule has 0 bridgehead atoms. The van der Waals surface area contributed by atoms with E-state index in [1.165, 1.54) is 11.1 Å². The number of fused-ring (bicyclic) bond motifs is 3. The van der Waals surface area contributed by atoms with Gasteiger partial charge in [0.05, 0.1) is 12.2 Å². The van der Waals surface area contributed by atoms with Crippen LogP contribution in [0.5, 0.6) is 5.75 Å². The summed E-state index contributed by atoms with van der Waals surface area (Å²) in [5.41, 5.74) is 0.699. The summed E-state index contributed by atoms with van der Waals surface area (Å²) in [5.74, 6) is 1.08. The minimum atomic E-state index is -1.25. The molecule has 4 heteroatoms. The molecular weight excluding hydrogens is 364 g/mol. The predicted octanol–water partition coefficient (Wildman–Crippen LogP) is 3.70. The minimum Gasteiger partial charge on any atom is -0.491 e. The zero-order valence-corrected chi connectivity index (χ0v) is 17.4. The van der Waals surface area contributed by atoms with Gasteiger partial charge in [0, 0.05) is 5.41 Å². The van der Waals surface area contributed by atoms with Gasteiger partial charge in [0.15, 0.2) is 0 Å². The van der Waals surface area contributed by atoms with Crippen molar-refractivity contribution in [2.24, 2.45) is 5.92 Å². The predicted molar refractivity (Wildman–Crippen MR) is 113 cm³/mol. The Hall–Kier alpha value is -1.88. The Bertz CT molecular complexity index is 862. The van der Waals surface area contributed by atoms with Gasteiger partial charge in [-0.1, -0.05) is 43.3 Å². The quantitative estimate of drug-likeness (QED) is 0.721. The second kappa shape index (κ2) is 7.42. The van der Waals surface area contributed by atoms with Crippen molar-refractivity contribution in [3.63, 3.8) is 0 Å². The largest absolute Gasteiger partial charge is 0.491 e. The maximum absolute atomic E-state index is 11.7. The van der Waals surface area contributed by atoms with Crippen LogP contribution < -0.4 is 4.74 Å². The molecular formula is C25H32O4. The molecule has 1 fully saturated rings. The van der Waals surface area contributed by atoms with E-state index in [4.69, 9.17) is 9.84 Å². The van der Waals surface area contributed by atoms with Crippen LogP contribution in [0.2, 0.25) is 0 Å². The summed E-state index contributed by atoms with van der Waals surface area (Å²) in [6.45, 7) is 4.28. The van der Waals surface area contributed by atoms with Crippen LogP contribution in [-0.2, 0) is 17.4 Å². The molecule has 3 N–H and O–H groups in total. The van der Waals surface area contributed by atoms with Crippen LogP contribution in [0, 0.1) is 5.92 Å². The molecule has 156 valence electrons. The molecule has 0 aliphatic heterocycles. The van der Waals surface area contributed by atoms with Crippen molar-refractivity contribution in [3.8, 4) is 5.75 Å². The van der Waals surface area contributed by atoms with Gasteiger partial charge in [-0.05, 0) is 73.8 Å². The smallest absolute Gasteiger partial charge is 0.119 e. The number of benzene rings is 2. The van der Waals surface area contributed by atoms with Gasteiger partial charge >= 0.3 is 0 Å². The third-order valence-corrected chi connectivity index (χ3v) is 7.49. The second-order valence-electron chi connectivity index (χ2n) is 9.02. The summed E-state index contributed by atoms with van der Waals surface area (Å²) in [4.78, 5) is 0. The first kappa shape index (κ1) is 20.4. The van der Waals surface area contributed by atoms with Crippen LogP contribution in [-0.4, -0.2) is 34.1 Å². The van der Waals surface area contributed by atoms with Crippen LogP contribution >= 0.6 is 0 Å². The van der Waals surface area contributed by atoms with Gasteiger partial charge in [0.2, 0.25) is 0 Å². The first-order valence-electron chi connectivity index (χ1n) is 10.7. The average Bonchev–Trinajstić information content (AvgIpc) is 2.73. The molecule has 2 aromatic carbocycles. The molecule has 0 aromatic heterocycles. The number of rotatable bonds is 5. The number of aliphatic hydroxyl groups is 3. The summed E-state index contributed by atoms with van der Waals surface area (Å²) in [6, 6.07) is 15.8. The fourth-order valence-electron chi connectivity index (χ4n) is 5.96. The standard InChI is InChI=1S/C25H32O4/c1-3-24-17-23(2,27)25(28,19-7-5-4-6-8-19)16-20(24)10-9-18-15-21(29-14-13-26)11-12-22(18)24/h4-8,11-12,15,20,26-28H,3,9-10,13-14,16-17H2,1-2H3/t20-,23?,24?,25?/m1/s1. The van der Waals surface area contributed by atoms with E-state index in [9.17, 15) is 10.2 Å². The first-order chi connectivity index (χ1) is 13.9. The Kier molecular flexibility index (Phi) is 5.22. The third-order valence-electron chi connectivity index (χ3n) is 7.49. The lowest BCUT2D eigenvalue weighted by Gasteiger charge is -2.59. The summed E-state index contributed by atoms with van der Waals surface area (Å²) in [5, 5.41) is 32.3. The molecule has 0 spiro atoms. The monoisotopic (exact) mass is 396 g/mol. The van der Waals surface area contributed by atoms with Crippen molar-refractivity contribution in [1.29, 1.82) is 0 Å². The third kappa shape index (κ3) is 3.18. The van der Waals surface area contributed by atoms with Crippen molar-refractivity contribution in [2.75, 3.05) is 13.2 Å². The fraction of sp³-hybridized carbons (Fsp3) is 0.520. The highest BCUT2D eigenvalue weighted by molar-refractivity contribution is 5.45. The maximum atomic E-state index is 11.7. The van der Waals surface area contributed by atoms with E-state index in [0.29, 0.717) is 25.4 Å². The topological polar surface area (TPSA) is 69.9 Å². The van der Waals surface area contributed by atoms with Crippen LogP contribution in [0.3, 0.4) is 0 Å². The van der Waals surface area contributed by atoms with Gasteiger partial charge in [-0.2, -0.15) is 0 Å². The van der Waals surface area contributed by atoms with Crippen LogP contribution in [0.1, 0.15) is 56.2 Å². The molecule has 2 aliphatic carbocycles. The van der Waals surface area contributed by atoms with Crippen molar-refractivity contribution < 1.29 is 20.1 Å². The Morgan fingerprint density at radius 2 is 1.86 bits per heavy atom. The summed E-state index contributed by atoms with van der Waals surface area (Å²) in [7, 11) is 0. The Balaban J connectivity index is 1.74. The summed E-state index contributed by atoms with van der Waals surface area (Å²) in [6.07, 6.45) is 3.92. The van der Waals surface area contributed by atoms with E-state index in [2.05, 4.69) is 19.1 Å². The van der Waals surface area contributed by atoms with E-state index in [1.54, 1.807) is 6.92 Å². The van der Waals surface area contributed by atoms with E-state index >= 15 is 0 Å². The van der Waals surface area contributed by atoms with E-state index in [-0.39, 0.29) is 12.0 Å². The average molecular weight is 397 g/mol. The lowest BCUT2D eigenvalue weighted by atomic mass is 9.49. The molecule has 29 heavy (non-hydrogen) atoms. The molecule has 0 radical (unpaired) electrons. The SMILES string of the molecule is CCC12CC(C)(O)C(O)(c3ccccc3)C[C@H]1CCc1cc(OCCO)ccc12. The maximum Gasteiger partial charge on any atom is 0.119 e. The van der Waals surface area contributed by atoms with Crippen LogP contribution in [0.15, 0.2) is 48.5 Å². The molecule has 4 atom stereocenters. The molecule has 4 rings (SSSR count). The van der Waals surface area contributed by atoms with Crippen LogP contribution in [0.25, 0.3) is 0 Å². The zero-order valence-electron chi connectivity index (χ0n) is 17.4. The van der Waals surface area contributed by atoms with Gasteiger partial charge in [0.25, 0.3) is 0 Å². The number of ether oxygens (including phenoxy) is 1. The van der Waals surface area contributed by atoms with Gasteiger partial charge < -0.3 is 20.1 Å². The van der Waals surface area contributed by atoms with Gasteiger partial charge in [-0.25, -0.2) is 0 Å². The summed E-state index contributed by atoms with van der Waals surface area (Å²) < 4.78 is 5.62. The zero-order chi connectivity index (χ0) is 20.7.